The molecule has 4 rings (SSSR count). The van der Waals surface area contributed by atoms with Crippen molar-refractivity contribution in [1.82, 2.24) is 0 Å². The average Bonchev–Trinajstić information content (AvgIpc) is 2.46. The zero-order valence-corrected chi connectivity index (χ0v) is 14.5. The second-order valence-corrected chi connectivity index (χ2v) is 9.14. The summed E-state index contributed by atoms with van der Waals surface area (Å²) in [4.78, 5) is 12.1. The van der Waals surface area contributed by atoms with Crippen LogP contribution in [0.5, 0.6) is 0 Å². The maximum Gasteiger partial charge on any atom is 0.415 e. The summed E-state index contributed by atoms with van der Waals surface area (Å²) in [5, 5.41) is 21.9. The summed E-state index contributed by atoms with van der Waals surface area (Å²) in [6.45, 7) is 0.444. The van der Waals surface area contributed by atoms with Crippen LogP contribution in [0, 0.1) is 17.3 Å². The fraction of sp³-hybridized carbons (Fsp3) is 0.933. The summed E-state index contributed by atoms with van der Waals surface area (Å²) in [5.74, 6) is -0.844. The van der Waals surface area contributed by atoms with Crippen LogP contribution in [0.1, 0.15) is 45.4 Å². The molecule has 0 saturated heterocycles. The van der Waals surface area contributed by atoms with Crippen molar-refractivity contribution in [2.24, 2.45) is 17.3 Å². The highest BCUT2D eigenvalue weighted by Crippen LogP contribution is 2.61. The number of halogens is 3. The van der Waals surface area contributed by atoms with E-state index in [1.165, 1.54) is 0 Å². The van der Waals surface area contributed by atoms with Gasteiger partial charge in [0.2, 0.25) is 4.75 Å². The smallest absolute Gasteiger partial charge is 0.415 e. The molecule has 0 aliphatic heterocycles. The molecule has 6 nitrogen and oxygen atoms in total. The van der Waals surface area contributed by atoms with Crippen molar-refractivity contribution < 1.29 is 42.4 Å². The number of alkyl halides is 3. The number of hydrogen-bond acceptors (Lipinski definition) is 7. The number of ether oxygens (including phenoxy) is 1. The third kappa shape index (κ3) is 3.51. The van der Waals surface area contributed by atoms with Gasteiger partial charge in [0.1, 0.15) is 0 Å². The first kappa shape index (κ1) is 19.2. The van der Waals surface area contributed by atoms with Gasteiger partial charge in [-0.3, -0.25) is 4.79 Å². The van der Waals surface area contributed by atoms with E-state index in [0.717, 1.165) is 32.1 Å². The van der Waals surface area contributed by atoms with Crippen LogP contribution < -0.4 is 0 Å². The van der Waals surface area contributed by atoms with Crippen molar-refractivity contribution >= 4 is 18.0 Å². The molecule has 0 aromatic heterocycles. The van der Waals surface area contributed by atoms with Gasteiger partial charge in [0.15, 0.2) is 0 Å². The van der Waals surface area contributed by atoms with Crippen LogP contribution >= 0.6 is 12.0 Å². The Balaban J connectivity index is 1.69. The molecule has 0 aromatic rings. The van der Waals surface area contributed by atoms with Crippen LogP contribution in [0.3, 0.4) is 0 Å². The summed E-state index contributed by atoms with van der Waals surface area (Å²) in [5.41, 5.74) is -1.24. The molecular weight excluding hydrogens is 365 g/mol. The topological polar surface area (TPSA) is 85.2 Å². The van der Waals surface area contributed by atoms with Gasteiger partial charge in [-0.05, 0) is 57.3 Å². The lowest BCUT2D eigenvalue weighted by molar-refractivity contribution is -0.433. The number of carbonyl (C=O) groups is 1. The van der Waals surface area contributed by atoms with E-state index in [1.54, 1.807) is 0 Å². The zero-order valence-electron chi connectivity index (χ0n) is 13.7. The zero-order chi connectivity index (χ0) is 18.5. The molecule has 10 heteroatoms. The molecule has 4 saturated carbocycles. The molecule has 0 spiro atoms. The van der Waals surface area contributed by atoms with Crippen molar-refractivity contribution in [1.29, 1.82) is 0 Å². The second-order valence-electron chi connectivity index (χ2n) is 8.02. The molecule has 4 bridgehead atoms. The number of rotatable bonds is 6. The lowest BCUT2D eigenvalue weighted by atomic mass is 9.48. The molecule has 25 heavy (non-hydrogen) atoms. The minimum Gasteiger partial charge on any atom is -0.464 e. The Kier molecular flexibility index (Phi) is 4.81. The van der Waals surface area contributed by atoms with E-state index in [0.29, 0.717) is 25.2 Å². The number of carbonyl (C=O) groups excluding carboxylic acids is 1. The summed E-state index contributed by atoms with van der Waals surface area (Å²) in [6, 6.07) is 0. The predicted molar refractivity (Wildman–Crippen MR) is 79.9 cm³/mol. The fourth-order valence-electron chi connectivity index (χ4n) is 5.21. The maximum absolute atomic E-state index is 13.2. The Bertz CT molecular complexity index is 528. The summed E-state index contributed by atoms with van der Waals surface area (Å²) >= 11 is -0.366. The third-order valence-electron chi connectivity index (χ3n) is 5.82. The van der Waals surface area contributed by atoms with E-state index in [1.807, 2.05) is 0 Å². The monoisotopic (exact) mass is 386 g/mol. The normalized spacial score (nSPS) is 39.3. The first-order valence-corrected chi connectivity index (χ1v) is 8.87. The van der Waals surface area contributed by atoms with Gasteiger partial charge in [0.25, 0.3) is 0 Å². The second kappa shape index (κ2) is 6.26. The number of esters is 1. The molecule has 3 unspecified atom stereocenters. The quantitative estimate of drug-likeness (QED) is 0.314. The van der Waals surface area contributed by atoms with Gasteiger partial charge >= 0.3 is 12.1 Å². The van der Waals surface area contributed by atoms with Gasteiger partial charge < -0.3 is 9.84 Å². The van der Waals surface area contributed by atoms with E-state index >= 15 is 0 Å². The Morgan fingerprint density at radius 2 is 1.84 bits per heavy atom. The molecule has 4 aliphatic rings. The van der Waals surface area contributed by atoms with Crippen molar-refractivity contribution in [3.05, 3.63) is 0 Å². The third-order valence-corrected chi connectivity index (χ3v) is 6.68. The van der Waals surface area contributed by atoms with Crippen molar-refractivity contribution in [2.45, 2.75) is 62.0 Å². The maximum atomic E-state index is 13.2. The van der Waals surface area contributed by atoms with Gasteiger partial charge in [-0.1, -0.05) is 5.04 Å². The first-order valence-electron chi connectivity index (χ1n) is 8.13. The Morgan fingerprint density at radius 3 is 2.32 bits per heavy atom. The molecule has 144 valence electrons. The molecule has 2 N–H and O–H groups in total. The van der Waals surface area contributed by atoms with Gasteiger partial charge in [-0.2, -0.15) is 13.2 Å². The lowest BCUT2D eigenvalue weighted by Gasteiger charge is -2.59. The summed E-state index contributed by atoms with van der Waals surface area (Å²) in [6.07, 6.45) is -0.542. The van der Waals surface area contributed by atoms with Crippen molar-refractivity contribution in [3.63, 3.8) is 0 Å². The van der Waals surface area contributed by atoms with E-state index in [4.69, 9.17) is 9.99 Å². The molecule has 4 aliphatic carbocycles. The molecule has 0 radical (unpaired) electrons. The number of hydrogen-bond donors (Lipinski definition) is 2. The molecule has 0 amide bonds. The number of aliphatic hydroxyl groups is 1. The van der Waals surface area contributed by atoms with Gasteiger partial charge in [-0.15, -0.1) is 4.33 Å². The van der Waals surface area contributed by atoms with Crippen LogP contribution in [0.4, 0.5) is 13.2 Å². The Hall–Kier alpha value is -0.550. The van der Waals surface area contributed by atoms with Gasteiger partial charge in [0, 0.05) is 5.41 Å². The summed E-state index contributed by atoms with van der Waals surface area (Å²) < 4.78 is 45.6. The van der Waals surface area contributed by atoms with Crippen molar-refractivity contribution in [3.8, 4) is 0 Å². The lowest BCUT2D eigenvalue weighted by Crippen LogP contribution is -2.57. The van der Waals surface area contributed by atoms with Gasteiger partial charge in [-0.25, -0.2) is 5.26 Å². The molecule has 3 atom stereocenters. The SMILES string of the molecule is CC(SOOO)(C(=O)OCC12CC3CC(CC(O)(C3)C1)C2)C(F)(F)F. The van der Waals surface area contributed by atoms with E-state index in [9.17, 15) is 23.1 Å². The highest BCUT2D eigenvalue weighted by molar-refractivity contribution is 7.96. The first-order chi connectivity index (χ1) is 11.5. The van der Waals surface area contributed by atoms with Crippen LogP contribution in [-0.4, -0.2) is 39.5 Å². The standard InChI is InChI=1S/C15H21F3O6S/c1-12(15(16,17)18,25-24-23-21)11(19)22-8-13-3-9-2-10(4-13)6-14(20,5-9)7-13/h9-10,20-21H,2-8H2,1H3. The minimum absolute atomic E-state index is 0.159. The average molecular weight is 386 g/mol. The molecule has 0 heterocycles. The Labute approximate surface area is 147 Å². The van der Waals surface area contributed by atoms with Crippen LogP contribution in [0.2, 0.25) is 0 Å². The molecular formula is C15H21F3O6S. The fourth-order valence-corrected chi connectivity index (χ4v) is 5.60. The van der Waals surface area contributed by atoms with Gasteiger partial charge in [0.05, 0.1) is 24.3 Å². The highest BCUT2D eigenvalue weighted by atomic mass is 32.2. The van der Waals surface area contributed by atoms with Crippen LogP contribution in [0.15, 0.2) is 0 Å². The van der Waals surface area contributed by atoms with Crippen LogP contribution in [0.25, 0.3) is 0 Å². The summed E-state index contributed by atoms with van der Waals surface area (Å²) in [7, 11) is 0. The minimum atomic E-state index is -4.97. The van der Waals surface area contributed by atoms with E-state index in [-0.39, 0.29) is 18.6 Å². The van der Waals surface area contributed by atoms with E-state index < -0.39 is 27.9 Å². The van der Waals surface area contributed by atoms with Crippen LogP contribution in [-0.2, 0) is 18.9 Å². The highest BCUT2D eigenvalue weighted by Gasteiger charge is 2.62. The largest absolute Gasteiger partial charge is 0.464 e. The predicted octanol–water partition coefficient (Wildman–Crippen LogP) is 3.25. The van der Waals surface area contributed by atoms with Crippen molar-refractivity contribution in [2.75, 3.05) is 6.61 Å². The van der Waals surface area contributed by atoms with E-state index in [2.05, 4.69) is 9.37 Å². The molecule has 4 fully saturated rings. The molecule has 0 aromatic carbocycles. The Morgan fingerprint density at radius 1 is 1.24 bits per heavy atom.